The van der Waals surface area contributed by atoms with Crippen molar-refractivity contribution in [2.75, 3.05) is 5.73 Å². The molecule has 0 spiro atoms. The molecule has 0 unspecified atom stereocenters. The Bertz CT molecular complexity index is 514. The number of carbonyl (C=O) groups excluding carboxylic acids is 1. The third-order valence-corrected chi connectivity index (χ3v) is 2.19. The van der Waals surface area contributed by atoms with Gasteiger partial charge in [-0.05, 0) is 6.92 Å². The van der Waals surface area contributed by atoms with Crippen LogP contribution >= 0.6 is 0 Å². The van der Waals surface area contributed by atoms with Gasteiger partial charge in [0.15, 0.2) is 11.4 Å². The van der Waals surface area contributed by atoms with E-state index in [1.54, 1.807) is 0 Å². The van der Waals surface area contributed by atoms with Crippen LogP contribution in [0, 0.1) is 6.92 Å². The molecule has 0 radical (unpaired) electrons. The Balaban J connectivity index is 3.58. The maximum absolute atomic E-state index is 12.7. The maximum atomic E-state index is 12.7. The number of hydrogen-bond acceptors (Lipinski definition) is 4. The summed E-state index contributed by atoms with van der Waals surface area (Å²) in [4.78, 5) is 13.6. The first-order chi connectivity index (χ1) is 8.55. The van der Waals surface area contributed by atoms with Crippen molar-refractivity contribution >= 4 is 11.7 Å². The number of anilines is 1. The van der Waals surface area contributed by atoms with E-state index in [4.69, 9.17) is 5.73 Å². The van der Waals surface area contributed by atoms with Gasteiger partial charge in [-0.15, -0.1) is 0 Å². The lowest BCUT2D eigenvalue weighted by atomic mass is 10.1. The van der Waals surface area contributed by atoms with E-state index in [1.165, 1.54) is 0 Å². The van der Waals surface area contributed by atoms with E-state index in [0.717, 1.165) is 13.8 Å². The van der Waals surface area contributed by atoms with Gasteiger partial charge in [0.25, 0.3) is 6.43 Å². The van der Waals surface area contributed by atoms with Gasteiger partial charge in [-0.1, -0.05) is 0 Å². The van der Waals surface area contributed by atoms with Crippen molar-refractivity contribution in [3.63, 3.8) is 0 Å². The van der Waals surface area contributed by atoms with E-state index in [1.807, 2.05) is 0 Å². The van der Waals surface area contributed by atoms with E-state index >= 15 is 0 Å². The fourth-order valence-corrected chi connectivity index (χ4v) is 1.36. The minimum atomic E-state index is -4.98. The fraction of sp³-hybridized carbons (Fsp3) is 0.400. The molecule has 106 valence electrons. The number of esters is 1. The number of ether oxygens (including phenoxy) is 1. The molecule has 0 aromatic carbocycles. The van der Waals surface area contributed by atoms with Gasteiger partial charge in [0.2, 0.25) is 0 Å². The standard InChI is InChI=1S/C10H9F5N2O2/c1-3-5(16)8(10(13,14)15)17-6(9(11)12)7(3)19-4(2)18/h9H,16H2,1-2H3. The molecular weight excluding hydrogens is 275 g/mol. The largest absolute Gasteiger partial charge is 0.435 e. The van der Waals surface area contributed by atoms with Gasteiger partial charge in [-0.25, -0.2) is 13.8 Å². The van der Waals surface area contributed by atoms with Crippen LogP contribution in [0.3, 0.4) is 0 Å². The Morgan fingerprint density at radius 2 is 1.89 bits per heavy atom. The quantitative estimate of drug-likeness (QED) is 0.670. The Morgan fingerprint density at radius 3 is 2.26 bits per heavy atom. The first-order valence-electron chi connectivity index (χ1n) is 4.89. The van der Waals surface area contributed by atoms with Gasteiger partial charge >= 0.3 is 12.1 Å². The summed E-state index contributed by atoms with van der Waals surface area (Å²) in [5.41, 5.74) is 1.03. The number of nitrogens with two attached hydrogens (primary N) is 1. The lowest BCUT2D eigenvalue weighted by molar-refractivity contribution is -0.140. The topological polar surface area (TPSA) is 65.2 Å². The molecule has 2 N–H and O–H groups in total. The summed E-state index contributed by atoms with van der Waals surface area (Å²) < 4.78 is 67.6. The van der Waals surface area contributed by atoms with Crippen molar-refractivity contribution in [3.8, 4) is 5.75 Å². The van der Waals surface area contributed by atoms with Crippen LogP contribution in [0.4, 0.5) is 27.6 Å². The average Bonchev–Trinajstić information content (AvgIpc) is 2.22. The molecule has 0 fully saturated rings. The van der Waals surface area contributed by atoms with Crippen molar-refractivity contribution in [3.05, 3.63) is 17.0 Å². The molecule has 19 heavy (non-hydrogen) atoms. The first-order valence-corrected chi connectivity index (χ1v) is 4.89. The Kier molecular flexibility index (Phi) is 3.97. The smallest absolute Gasteiger partial charge is 0.424 e. The van der Waals surface area contributed by atoms with Crippen LogP contribution in [0.15, 0.2) is 0 Å². The predicted octanol–water partition coefficient (Wildman–Crippen LogP) is 2.85. The van der Waals surface area contributed by atoms with Crippen LogP contribution in [-0.4, -0.2) is 11.0 Å². The number of hydrogen-bond donors (Lipinski definition) is 1. The highest BCUT2D eigenvalue weighted by Crippen LogP contribution is 2.40. The Labute approximate surface area is 104 Å². The van der Waals surface area contributed by atoms with Crippen molar-refractivity contribution in [2.24, 2.45) is 0 Å². The van der Waals surface area contributed by atoms with E-state index < -0.39 is 47.0 Å². The highest BCUT2D eigenvalue weighted by molar-refractivity contribution is 5.72. The van der Waals surface area contributed by atoms with Crippen molar-refractivity contribution in [2.45, 2.75) is 26.4 Å². The summed E-state index contributed by atoms with van der Waals surface area (Å²) in [7, 11) is 0. The molecule has 1 heterocycles. The molecule has 1 aromatic heterocycles. The molecule has 1 aromatic rings. The molecule has 0 saturated carbocycles. The second-order valence-corrected chi connectivity index (χ2v) is 3.61. The highest BCUT2D eigenvalue weighted by Gasteiger charge is 2.38. The molecule has 0 aliphatic carbocycles. The summed E-state index contributed by atoms with van der Waals surface area (Å²) in [6, 6.07) is 0. The van der Waals surface area contributed by atoms with Crippen LogP contribution in [0.1, 0.15) is 30.3 Å². The molecular formula is C10H9F5N2O2. The van der Waals surface area contributed by atoms with Gasteiger partial charge in [-0.2, -0.15) is 13.2 Å². The van der Waals surface area contributed by atoms with Gasteiger partial charge in [0, 0.05) is 12.5 Å². The SMILES string of the molecule is CC(=O)Oc1c(C(F)F)nc(C(F)(F)F)c(N)c1C. The zero-order valence-electron chi connectivity index (χ0n) is 9.81. The van der Waals surface area contributed by atoms with Crippen molar-refractivity contribution in [1.82, 2.24) is 4.98 Å². The number of carbonyl (C=O) groups is 1. The third-order valence-electron chi connectivity index (χ3n) is 2.19. The molecule has 0 bridgehead atoms. The minimum absolute atomic E-state index is 0.409. The fourth-order valence-electron chi connectivity index (χ4n) is 1.36. The number of nitrogens with zero attached hydrogens (tertiary/aromatic N) is 1. The predicted molar refractivity (Wildman–Crippen MR) is 54.7 cm³/mol. The number of halogens is 5. The second-order valence-electron chi connectivity index (χ2n) is 3.61. The highest BCUT2D eigenvalue weighted by atomic mass is 19.4. The van der Waals surface area contributed by atoms with E-state index in [-0.39, 0.29) is 0 Å². The number of rotatable bonds is 2. The maximum Gasteiger partial charge on any atom is 0.435 e. The molecule has 0 atom stereocenters. The van der Waals surface area contributed by atoms with E-state index in [0.29, 0.717) is 0 Å². The Morgan fingerprint density at radius 1 is 1.37 bits per heavy atom. The van der Waals surface area contributed by atoms with Gasteiger partial charge in [-0.3, -0.25) is 4.79 Å². The summed E-state index contributed by atoms with van der Waals surface area (Å²) >= 11 is 0. The summed E-state index contributed by atoms with van der Waals surface area (Å²) in [5, 5.41) is 0. The lowest BCUT2D eigenvalue weighted by Crippen LogP contribution is -2.17. The monoisotopic (exact) mass is 284 g/mol. The minimum Gasteiger partial charge on any atom is -0.424 e. The van der Waals surface area contributed by atoms with Crippen LogP contribution < -0.4 is 10.5 Å². The molecule has 0 saturated heterocycles. The van der Waals surface area contributed by atoms with E-state index in [9.17, 15) is 26.7 Å². The number of alkyl halides is 5. The van der Waals surface area contributed by atoms with Gasteiger partial charge in [0.05, 0.1) is 5.69 Å². The number of pyridine rings is 1. The normalized spacial score (nSPS) is 11.8. The molecule has 0 aliphatic rings. The molecule has 0 aliphatic heterocycles. The zero-order chi connectivity index (χ0) is 15.0. The molecule has 0 amide bonds. The second kappa shape index (κ2) is 4.98. The molecule has 4 nitrogen and oxygen atoms in total. The van der Waals surface area contributed by atoms with Crippen LogP contribution in [-0.2, 0) is 11.0 Å². The molecule has 9 heteroatoms. The number of nitrogen functional groups attached to an aromatic ring is 1. The van der Waals surface area contributed by atoms with Crippen LogP contribution in [0.25, 0.3) is 0 Å². The summed E-state index contributed by atoms with van der Waals surface area (Å²) in [6.07, 6.45) is -8.32. The van der Waals surface area contributed by atoms with Crippen LogP contribution in [0.5, 0.6) is 5.75 Å². The lowest BCUT2D eigenvalue weighted by Gasteiger charge is -2.17. The zero-order valence-corrected chi connectivity index (χ0v) is 9.81. The van der Waals surface area contributed by atoms with Crippen molar-refractivity contribution < 1.29 is 31.5 Å². The number of aromatic nitrogens is 1. The van der Waals surface area contributed by atoms with E-state index in [2.05, 4.69) is 9.72 Å². The Hall–Kier alpha value is -1.93. The molecule has 1 rings (SSSR count). The average molecular weight is 284 g/mol. The van der Waals surface area contributed by atoms with Gasteiger partial charge in [0.1, 0.15) is 5.69 Å². The van der Waals surface area contributed by atoms with Gasteiger partial charge < -0.3 is 10.5 Å². The third kappa shape index (κ3) is 3.09. The van der Waals surface area contributed by atoms with Crippen molar-refractivity contribution in [1.29, 1.82) is 0 Å². The summed E-state index contributed by atoms with van der Waals surface area (Å²) in [5.74, 6) is -1.71. The first kappa shape index (κ1) is 15.1. The summed E-state index contributed by atoms with van der Waals surface area (Å²) in [6.45, 7) is 1.96. The van der Waals surface area contributed by atoms with Crippen LogP contribution in [0.2, 0.25) is 0 Å².